The first-order chi connectivity index (χ1) is 8.08. The van der Waals surface area contributed by atoms with E-state index in [0.29, 0.717) is 24.3 Å². The molecule has 1 atom stereocenters. The average molecular weight is 240 g/mol. The number of esters is 1. The van der Waals surface area contributed by atoms with Gasteiger partial charge in [0.15, 0.2) is 6.10 Å². The van der Waals surface area contributed by atoms with E-state index < -0.39 is 12.1 Å². The predicted octanol–water partition coefficient (Wildman–Crippen LogP) is 2.85. The molecule has 0 aliphatic carbocycles. The van der Waals surface area contributed by atoms with Gasteiger partial charge in [-0.15, -0.1) is 0 Å². The van der Waals surface area contributed by atoms with Crippen molar-refractivity contribution >= 4 is 5.97 Å². The predicted molar refractivity (Wildman–Crippen MR) is 62.5 cm³/mol. The lowest BCUT2D eigenvalue weighted by Gasteiger charge is -2.16. The Kier molecular flexibility index (Phi) is 4.94. The van der Waals surface area contributed by atoms with E-state index >= 15 is 0 Å². The molecule has 0 spiro atoms. The third-order valence-corrected chi connectivity index (χ3v) is 2.34. The minimum atomic E-state index is -0.683. The summed E-state index contributed by atoms with van der Waals surface area (Å²) >= 11 is 0. The van der Waals surface area contributed by atoms with Crippen LogP contribution in [0, 0.1) is 12.7 Å². The molecular formula is C13H17FO3. The van der Waals surface area contributed by atoms with Crippen LogP contribution in [0.3, 0.4) is 0 Å². The van der Waals surface area contributed by atoms with Crippen LogP contribution in [0.5, 0.6) is 5.75 Å². The maximum atomic E-state index is 13.3. The van der Waals surface area contributed by atoms with Crippen molar-refractivity contribution in [2.24, 2.45) is 0 Å². The lowest BCUT2D eigenvalue weighted by molar-refractivity contribution is -0.151. The summed E-state index contributed by atoms with van der Waals surface area (Å²) < 4.78 is 23.5. The first-order valence-corrected chi connectivity index (χ1v) is 5.67. The van der Waals surface area contributed by atoms with Gasteiger partial charge in [0.25, 0.3) is 0 Å². The van der Waals surface area contributed by atoms with Crippen LogP contribution < -0.4 is 4.74 Å². The van der Waals surface area contributed by atoms with Crippen LogP contribution in [-0.2, 0) is 9.53 Å². The fraction of sp³-hybridized carbons (Fsp3) is 0.462. The van der Waals surface area contributed by atoms with E-state index in [2.05, 4.69) is 0 Å². The third kappa shape index (κ3) is 3.73. The molecule has 1 rings (SSSR count). The zero-order valence-electron chi connectivity index (χ0n) is 10.3. The van der Waals surface area contributed by atoms with Crippen LogP contribution in [0.15, 0.2) is 18.2 Å². The van der Waals surface area contributed by atoms with Crippen LogP contribution in [0.1, 0.15) is 25.8 Å². The number of benzene rings is 1. The van der Waals surface area contributed by atoms with Crippen molar-refractivity contribution in [3.63, 3.8) is 0 Å². The summed E-state index contributed by atoms with van der Waals surface area (Å²) in [6, 6.07) is 4.53. The second-order valence-electron chi connectivity index (χ2n) is 3.68. The Morgan fingerprint density at radius 2 is 2.12 bits per heavy atom. The fourth-order valence-corrected chi connectivity index (χ4v) is 1.34. The SMILES string of the molecule is CCOC(=O)C(CC)Oc1ccc(C)c(F)c1. The smallest absolute Gasteiger partial charge is 0.347 e. The van der Waals surface area contributed by atoms with E-state index in [9.17, 15) is 9.18 Å². The fourth-order valence-electron chi connectivity index (χ4n) is 1.34. The lowest BCUT2D eigenvalue weighted by atomic mass is 10.2. The summed E-state index contributed by atoms with van der Waals surface area (Å²) in [5.74, 6) is -0.426. The van der Waals surface area contributed by atoms with Gasteiger partial charge in [0.1, 0.15) is 11.6 Å². The van der Waals surface area contributed by atoms with Gasteiger partial charge >= 0.3 is 5.97 Å². The molecule has 0 N–H and O–H groups in total. The first-order valence-electron chi connectivity index (χ1n) is 5.67. The van der Waals surface area contributed by atoms with E-state index in [0.717, 1.165) is 0 Å². The van der Waals surface area contributed by atoms with Crippen LogP contribution in [-0.4, -0.2) is 18.7 Å². The van der Waals surface area contributed by atoms with Crippen LogP contribution in [0.2, 0.25) is 0 Å². The summed E-state index contributed by atoms with van der Waals surface area (Å²) in [6.07, 6.45) is -0.203. The number of ether oxygens (including phenoxy) is 2. The Morgan fingerprint density at radius 3 is 2.65 bits per heavy atom. The molecule has 94 valence electrons. The molecule has 0 radical (unpaired) electrons. The molecule has 1 unspecified atom stereocenters. The Morgan fingerprint density at radius 1 is 1.41 bits per heavy atom. The zero-order chi connectivity index (χ0) is 12.8. The Hall–Kier alpha value is -1.58. The molecule has 1 aromatic rings. The summed E-state index contributed by atoms with van der Waals surface area (Å²) in [5, 5.41) is 0. The topological polar surface area (TPSA) is 35.5 Å². The third-order valence-electron chi connectivity index (χ3n) is 2.34. The average Bonchev–Trinajstić information content (AvgIpc) is 2.30. The Labute approximate surface area is 101 Å². The van der Waals surface area contributed by atoms with Crippen molar-refractivity contribution < 1.29 is 18.7 Å². The minimum absolute atomic E-state index is 0.307. The summed E-state index contributed by atoms with van der Waals surface area (Å²) in [5.41, 5.74) is 0.543. The summed E-state index contributed by atoms with van der Waals surface area (Å²) in [7, 11) is 0. The molecule has 0 aliphatic rings. The molecular weight excluding hydrogens is 223 g/mol. The summed E-state index contributed by atoms with van der Waals surface area (Å²) in [6.45, 7) is 5.52. The number of carbonyl (C=O) groups excluding carboxylic acids is 1. The number of hydrogen-bond acceptors (Lipinski definition) is 3. The van der Waals surface area contributed by atoms with E-state index in [-0.39, 0.29) is 5.82 Å². The van der Waals surface area contributed by atoms with Crippen LogP contribution >= 0.6 is 0 Å². The van der Waals surface area contributed by atoms with Crippen molar-refractivity contribution in [3.8, 4) is 5.75 Å². The van der Waals surface area contributed by atoms with Gasteiger partial charge in [0.05, 0.1) is 6.61 Å². The van der Waals surface area contributed by atoms with Crippen molar-refractivity contribution in [2.75, 3.05) is 6.61 Å². The molecule has 17 heavy (non-hydrogen) atoms. The van der Waals surface area contributed by atoms with Gasteiger partial charge in [-0.1, -0.05) is 13.0 Å². The largest absolute Gasteiger partial charge is 0.479 e. The van der Waals surface area contributed by atoms with Gasteiger partial charge in [-0.25, -0.2) is 9.18 Å². The van der Waals surface area contributed by atoms with Crippen LogP contribution in [0.4, 0.5) is 4.39 Å². The molecule has 0 saturated carbocycles. The Balaban J connectivity index is 2.73. The van der Waals surface area contributed by atoms with E-state index in [1.54, 1.807) is 26.0 Å². The van der Waals surface area contributed by atoms with E-state index in [1.165, 1.54) is 6.07 Å². The molecule has 0 amide bonds. The van der Waals surface area contributed by atoms with Crippen LogP contribution in [0.25, 0.3) is 0 Å². The molecule has 0 aliphatic heterocycles. The molecule has 0 bridgehead atoms. The molecule has 0 saturated heterocycles. The molecule has 3 nitrogen and oxygen atoms in total. The van der Waals surface area contributed by atoms with E-state index in [1.807, 2.05) is 6.92 Å². The molecule has 1 aromatic carbocycles. The minimum Gasteiger partial charge on any atom is -0.479 e. The molecule has 4 heteroatoms. The summed E-state index contributed by atoms with van der Waals surface area (Å²) in [4.78, 5) is 11.5. The zero-order valence-corrected chi connectivity index (χ0v) is 10.3. The van der Waals surface area contributed by atoms with Gasteiger partial charge in [-0.05, 0) is 31.9 Å². The highest BCUT2D eigenvalue weighted by Crippen LogP contribution is 2.18. The molecule has 0 heterocycles. The second kappa shape index (κ2) is 6.23. The Bertz CT molecular complexity index is 390. The van der Waals surface area contributed by atoms with Gasteiger partial charge in [0, 0.05) is 6.07 Å². The highest BCUT2D eigenvalue weighted by molar-refractivity contribution is 5.75. The van der Waals surface area contributed by atoms with Crippen molar-refractivity contribution in [2.45, 2.75) is 33.3 Å². The first kappa shape index (κ1) is 13.5. The number of aryl methyl sites for hydroxylation is 1. The van der Waals surface area contributed by atoms with Gasteiger partial charge in [-0.3, -0.25) is 0 Å². The number of carbonyl (C=O) groups is 1. The molecule has 0 fully saturated rings. The standard InChI is InChI=1S/C13H17FO3/c1-4-12(13(15)16-5-2)17-10-7-6-9(3)11(14)8-10/h6-8,12H,4-5H2,1-3H3. The number of hydrogen-bond donors (Lipinski definition) is 0. The van der Waals surface area contributed by atoms with Gasteiger partial charge in [0.2, 0.25) is 0 Å². The monoisotopic (exact) mass is 240 g/mol. The maximum Gasteiger partial charge on any atom is 0.347 e. The van der Waals surface area contributed by atoms with Crippen molar-refractivity contribution in [1.29, 1.82) is 0 Å². The molecule has 0 aromatic heterocycles. The highest BCUT2D eigenvalue weighted by Gasteiger charge is 2.19. The van der Waals surface area contributed by atoms with Crippen molar-refractivity contribution in [1.82, 2.24) is 0 Å². The number of halogens is 1. The maximum absolute atomic E-state index is 13.3. The lowest BCUT2D eigenvalue weighted by Crippen LogP contribution is -2.28. The van der Waals surface area contributed by atoms with Gasteiger partial charge in [-0.2, -0.15) is 0 Å². The van der Waals surface area contributed by atoms with Gasteiger partial charge < -0.3 is 9.47 Å². The second-order valence-corrected chi connectivity index (χ2v) is 3.68. The highest BCUT2D eigenvalue weighted by atomic mass is 19.1. The normalized spacial score (nSPS) is 12.0. The van der Waals surface area contributed by atoms with Crippen molar-refractivity contribution in [3.05, 3.63) is 29.6 Å². The van der Waals surface area contributed by atoms with E-state index in [4.69, 9.17) is 9.47 Å². The quantitative estimate of drug-likeness (QED) is 0.742. The number of rotatable bonds is 5.